The molecule has 1 aromatic heterocycles. The van der Waals surface area contributed by atoms with Crippen molar-refractivity contribution >= 4 is 17.7 Å². The predicted molar refractivity (Wildman–Crippen MR) is 96.4 cm³/mol. The third-order valence-corrected chi connectivity index (χ3v) is 4.54. The quantitative estimate of drug-likeness (QED) is 0.849. The molecule has 0 bridgehead atoms. The molecule has 1 fully saturated rings. The molecular formula is C19H21N3O4. The first-order valence-electron chi connectivity index (χ1n) is 8.53. The largest absolute Gasteiger partial charge is 0.506 e. The molecule has 26 heavy (non-hydrogen) atoms. The predicted octanol–water partition coefficient (Wildman–Crippen LogP) is 1.77. The summed E-state index contributed by atoms with van der Waals surface area (Å²) in [4.78, 5) is 31.8. The fraction of sp³-hybridized carbons (Fsp3) is 0.316. The number of aryl methyl sites for hydroxylation is 1. The van der Waals surface area contributed by atoms with E-state index in [-0.39, 0.29) is 17.2 Å². The lowest BCUT2D eigenvalue weighted by atomic mass is 10.0. The second-order valence-electron chi connectivity index (χ2n) is 6.20. The Hall–Kier alpha value is -3.09. The molecule has 2 heterocycles. The number of carbonyl (C=O) groups excluding carboxylic acids is 1. The Labute approximate surface area is 151 Å². The Morgan fingerprint density at radius 1 is 1.04 bits per heavy atom. The first-order chi connectivity index (χ1) is 12.5. The number of nitrogens with zero attached hydrogens (tertiary/aromatic N) is 3. The second kappa shape index (κ2) is 7.86. The van der Waals surface area contributed by atoms with Gasteiger partial charge in [-0.05, 0) is 30.2 Å². The number of carboxylic acids is 1. The zero-order chi connectivity index (χ0) is 18.5. The third-order valence-electron chi connectivity index (χ3n) is 4.54. The Balaban J connectivity index is 1.53. The van der Waals surface area contributed by atoms with Gasteiger partial charge in [-0.15, -0.1) is 0 Å². The number of carboxylic acid groups (broad SMARTS) is 1. The number of piperazine rings is 1. The highest BCUT2D eigenvalue weighted by molar-refractivity contribution is 5.89. The minimum atomic E-state index is -0.969. The van der Waals surface area contributed by atoms with Crippen molar-refractivity contribution in [2.75, 3.05) is 31.1 Å². The molecule has 0 radical (unpaired) electrons. The Bertz CT molecular complexity index is 784. The molecule has 0 unspecified atom stereocenters. The van der Waals surface area contributed by atoms with Crippen molar-refractivity contribution in [3.63, 3.8) is 0 Å². The molecule has 3 rings (SSSR count). The van der Waals surface area contributed by atoms with Crippen LogP contribution in [-0.4, -0.2) is 58.2 Å². The number of aromatic hydroxyl groups is 1. The molecule has 1 aliphatic heterocycles. The summed E-state index contributed by atoms with van der Waals surface area (Å²) in [7, 11) is 0. The summed E-state index contributed by atoms with van der Waals surface area (Å²) in [6, 6.07) is 10.1. The van der Waals surface area contributed by atoms with Gasteiger partial charge >= 0.3 is 5.97 Å². The number of anilines is 1. The summed E-state index contributed by atoms with van der Waals surface area (Å²) < 4.78 is 0. The smallest absolute Gasteiger partial charge is 0.335 e. The highest BCUT2D eigenvalue weighted by atomic mass is 16.4. The van der Waals surface area contributed by atoms with Crippen molar-refractivity contribution in [3.05, 3.63) is 53.7 Å². The van der Waals surface area contributed by atoms with Gasteiger partial charge in [-0.25, -0.2) is 9.78 Å². The summed E-state index contributed by atoms with van der Waals surface area (Å²) in [6.45, 7) is 2.55. The van der Waals surface area contributed by atoms with Gasteiger partial charge in [-0.3, -0.25) is 4.79 Å². The zero-order valence-corrected chi connectivity index (χ0v) is 14.3. The van der Waals surface area contributed by atoms with Gasteiger partial charge in [0, 0.05) is 32.6 Å². The van der Waals surface area contributed by atoms with Crippen molar-refractivity contribution in [2.24, 2.45) is 0 Å². The van der Waals surface area contributed by atoms with Gasteiger partial charge in [0.1, 0.15) is 11.6 Å². The number of rotatable bonds is 5. The molecular weight excluding hydrogens is 334 g/mol. The average Bonchev–Trinajstić information content (AvgIpc) is 2.67. The number of pyridine rings is 1. The summed E-state index contributed by atoms with van der Waals surface area (Å²) >= 11 is 0. The van der Waals surface area contributed by atoms with Crippen LogP contribution in [0.5, 0.6) is 5.75 Å². The molecule has 136 valence electrons. The standard InChI is InChI=1S/C19H21N3O4/c23-15-6-7-17(20-13-15)21-9-11-22(12-10-21)18(24)8-5-14-3-1-2-4-16(14)19(25)26/h1-4,6-7,13,23H,5,8-12H2,(H,25,26). The molecule has 1 aromatic carbocycles. The van der Waals surface area contributed by atoms with Crippen molar-refractivity contribution in [1.29, 1.82) is 0 Å². The lowest BCUT2D eigenvalue weighted by Gasteiger charge is -2.35. The van der Waals surface area contributed by atoms with E-state index in [1.807, 2.05) is 0 Å². The van der Waals surface area contributed by atoms with Crippen LogP contribution in [-0.2, 0) is 11.2 Å². The zero-order valence-electron chi connectivity index (χ0n) is 14.3. The Morgan fingerprint density at radius 2 is 1.77 bits per heavy atom. The van der Waals surface area contributed by atoms with Crippen LogP contribution in [0.4, 0.5) is 5.82 Å². The van der Waals surface area contributed by atoms with E-state index in [0.717, 1.165) is 5.82 Å². The number of hydrogen-bond acceptors (Lipinski definition) is 5. The van der Waals surface area contributed by atoms with Gasteiger partial charge in [0.2, 0.25) is 5.91 Å². The topological polar surface area (TPSA) is 94.0 Å². The van der Waals surface area contributed by atoms with Crippen molar-refractivity contribution in [1.82, 2.24) is 9.88 Å². The normalized spacial score (nSPS) is 14.3. The molecule has 7 nitrogen and oxygen atoms in total. The summed E-state index contributed by atoms with van der Waals surface area (Å²) in [5.41, 5.74) is 0.934. The number of amides is 1. The number of benzene rings is 1. The van der Waals surface area contributed by atoms with Crippen LogP contribution in [0, 0.1) is 0 Å². The minimum Gasteiger partial charge on any atom is -0.506 e. The second-order valence-corrected chi connectivity index (χ2v) is 6.20. The van der Waals surface area contributed by atoms with Crippen molar-refractivity contribution < 1.29 is 19.8 Å². The van der Waals surface area contributed by atoms with Crippen LogP contribution in [0.3, 0.4) is 0 Å². The Kier molecular flexibility index (Phi) is 5.36. The molecule has 1 amide bonds. The molecule has 2 N–H and O–H groups in total. The van der Waals surface area contributed by atoms with E-state index in [4.69, 9.17) is 0 Å². The highest BCUT2D eigenvalue weighted by Crippen LogP contribution is 2.17. The fourth-order valence-electron chi connectivity index (χ4n) is 3.10. The summed E-state index contributed by atoms with van der Waals surface area (Å²) in [6.07, 6.45) is 2.12. The van der Waals surface area contributed by atoms with E-state index < -0.39 is 5.97 Å². The van der Waals surface area contributed by atoms with Crippen LogP contribution in [0.25, 0.3) is 0 Å². The van der Waals surface area contributed by atoms with Crippen molar-refractivity contribution in [2.45, 2.75) is 12.8 Å². The van der Waals surface area contributed by atoms with Crippen LogP contribution in [0.2, 0.25) is 0 Å². The van der Waals surface area contributed by atoms with Crippen molar-refractivity contribution in [3.8, 4) is 5.75 Å². The Morgan fingerprint density at radius 3 is 2.42 bits per heavy atom. The minimum absolute atomic E-state index is 0.0310. The molecule has 0 spiro atoms. The van der Waals surface area contributed by atoms with Crippen LogP contribution in [0.15, 0.2) is 42.6 Å². The van der Waals surface area contributed by atoms with Crippen LogP contribution in [0.1, 0.15) is 22.3 Å². The fourth-order valence-corrected chi connectivity index (χ4v) is 3.10. The molecule has 0 saturated carbocycles. The molecule has 0 aliphatic carbocycles. The number of aromatic nitrogens is 1. The molecule has 0 atom stereocenters. The molecule has 1 aliphatic rings. The lowest BCUT2D eigenvalue weighted by molar-refractivity contribution is -0.131. The monoisotopic (exact) mass is 355 g/mol. The van der Waals surface area contributed by atoms with Gasteiger partial charge in [0.25, 0.3) is 0 Å². The molecule has 2 aromatic rings. The first-order valence-corrected chi connectivity index (χ1v) is 8.53. The van der Waals surface area contributed by atoms with E-state index in [1.54, 1.807) is 41.3 Å². The van der Waals surface area contributed by atoms with E-state index in [9.17, 15) is 19.8 Å². The lowest BCUT2D eigenvalue weighted by Crippen LogP contribution is -2.49. The van der Waals surface area contributed by atoms with Gasteiger partial charge < -0.3 is 20.0 Å². The van der Waals surface area contributed by atoms with E-state index in [1.165, 1.54) is 6.20 Å². The third kappa shape index (κ3) is 4.11. The van der Waals surface area contributed by atoms with E-state index in [0.29, 0.717) is 44.6 Å². The van der Waals surface area contributed by atoms with Gasteiger partial charge in [0.05, 0.1) is 11.8 Å². The van der Waals surface area contributed by atoms with E-state index >= 15 is 0 Å². The van der Waals surface area contributed by atoms with Gasteiger partial charge in [-0.2, -0.15) is 0 Å². The maximum Gasteiger partial charge on any atom is 0.335 e. The highest BCUT2D eigenvalue weighted by Gasteiger charge is 2.22. The maximum atomic E-state index is 12.5. The first kappa shape index (κ1) is 17.7. The van der Waals surface area contributed by atoms with Crippen LogP contribution >= 0.6 is 0 Å². The average molecular weight is 355 g/mol. The summed E-state index contributed by atoms with van der Waals surface area (Å²) in [5, 5.41) is 18.5. The molecule has 7 heteroatoms. The SMILES string of the molecule is O=C(O)c1ccccc1CCC(=O)N1CCN(c2ccc(O)cn2)CC1. The summed E-state index contributed by atoms with van der Waals surface area (Å²) in [5.74, 6) is -0.0268. The van der Waals surface area contributed by atoms with Gasteiger partial charge in [-0.1, -0.05) is 18.2 Å². The number of hydrogen-bond donors (Lipinski definition) is 2. The molecule has 1 saturated heterocycles. The maximum absolute atomic E-state index is 12.5. The number of carbonyl (C=O) groups is 2. The van der Waals surface area contributed by atoms with E-state index in [2.05, 4.69) is 9.88 Å². The van der Waals surface area contributed by atoms with Crippen LogP contribution < -0.4 is 4.90 Å². The number of aromatic carboxylic acids is 1. The van der Waals surface area contributed by atoms with Gasteiger partial charge in [0.15, 0.2) is 0 Å².